The molecule has 0 unspecified atom stereocenters. The molecule has 1 aromatic carbocycles. The van der Waals surface area contributed by atoms with Crippen molar-refractivity contribution in [2.24, 2.45) is 0 Å². The highest BCUT2D eigenvalue weighted by molar-refractivity contribution is 9.10. The van der Waals surface area contributed by atoms with Gasteiger partial charge >= 0.3 is 0 Å². The molecule has 0 radical (unpaired) electrons. The maximum Gasteiger partial charge on any atom is 0.272 e. The van der Waals surface area contributed by atoms with E-state index in [9.17, 15) is 4.79 Å². The monoisotopic (exact) mass is 254 g/mol. The van der Waals surface area contributed by atoms with Crippen LogP contribution in [-0.4, -0.2) is 9.78 Å². The Bertz CT molecular complexity index is 524. The first kappa shape index (κ1) is 9.52. The number of fused-ring (bicyclic) bond motifs is 1. The number of nitrogens with one attached hydrogen (secondary N) is 1. The van der Waals surface area contributed by atoms with E-state index in [1.165, 1.54) is 0 Å². The third-order valence-corrected chi connectivity index (χ3v) is 2.69. The topological polar surface area (TPSA) is 37.8 Å². The molecule has 0 aliphatic heterocycles. The molecule has 0 aliphatic carbocycles. The van der Waals surface area contributed by atoms with E-state index in [1.807, 2.05) is 36.7 Å². The number of nitrogens with zero attached hydrogens (tertiary/aromatic N) is 1. The molecule has 14 heavy (non-hydrogen) atoms. The second-order valence-corrected chi connectivity index (χ2v) is 4.48. The number of aromatic nitrogens is 2. The molecule has 2 rings (SSSR count). The van der Waals surface area contributed by atoms with Crippen LogP contribution < -0.4 is 5.56 Å². The maximum atomic E-state index is 11.6. The van der Waals surface area contributed by atoms with Crippen LogP contribution in [-0.2, 0) is 0 Å². The Balaban J connectivity index is 2.84. The van der Waals surface area contributed by atoms with Gasteiger partial charge in [-0.05, 0) is 32.0 Å². The molecule has 0 atom stereocenters. The van der Waals surface area contributed by atoms with Crippen LogP contribution in [0.5, 0.6) is 0 Å². The number of hydrogen-bond acceptors (Lipinski definition) is 1. The molecule has 1 N–H and O–H groups in total. The molecule has 3 nitrogen and oxygen atoms in total. The molecule has 1 aromatic heterocycles. The van der Waals surface area contributed by atoms with E-state index < -0.39 is 0 Å². The highest BCUT2D eigenvalue weighted by Crippen LogP contribution is 2.18. The van der Waals surface area contributed by atoms with Gasteiger partial charge in [0.25, 0.3) is 5.56 Å². The molecule has 0 spiro atoms. The Hall–Kier alpha value is -1.03. The molecular weight excluding hydrogens is 244 g/mol. The van der Waals surface area contributed by atoms with Crippen molar-refractivity contribution < 1.29 is 0 Å². The smallest absolute Gasteiger partial charge is 0.272 e. The fraction of sp³-hybridized carbons (Fsp3) is 0.300. The zero-order valence-electron chi connectivity index (χ0n) is 8.04. The number of H-pyrrole nitrogens is 1. The van der Waals surface area contributed by atoms with Crippen LogP contribution in [0.1, 0.15) is 19.9 Å². The Kier molecular flexibility index (Phi) is 2.23. The van der Waals surface area contributed by atoms with E-state index in [2.05, 4.69) is 21.0 Å². The molecule has 74 valence electrons. The lowest BCUT2D eigenvalue weighted by Crippen LogP contribution is -2.07. The zero-order chi connectivity index (χ0) is 10.3. The summed E-state index contributed by atoms with van der Waals surface area (Å²) in [6, 6.07) is 5.99. The molecule has 0 saturated carbocycles. The van der Waals surface area contributed by atoms with Crippen LogP contribution in [0.15, 0.2) is 27.5 Å². The van der Waals surface area contributed by atoms with E-state index in [0.29, 0.717) is 0 Å². The third kappa shape index (κ3) is 1.39. The predicted octanol–water partition coefficient (Wildman–Crippen LogP) is 2.67. The van der Waals surface area contributed by atoms with Crippen molar-refractivity contribution in [2.75, 3.05) is 0 Å². The predicted molar refractivity (Wildman–Crippen MR) is 60.6 cm³/mol. The minimum absolute atomic E-state index is 0.0324. The van der Waals surface area contributed by atoms with Crippen molar-refractivity contribution >= 4 is 26.8 Å². The van der Waals surface area contributed by atoms with Gasteiger partial charge in [0.05, 0.1) is 10.9 Å². The summed E-state index contributed by atoms with van der Waals surface area (Å²) in [5.74, 6) is 0. The fourth-order valence-electron chi connectivity index (χ4n) is 1.54. The van der Waals surface area contributed by atoms with Gasteiger partial charge in [0, 0.05) is 10.5 Å². The lowest BCUT2D eigenvalue weighted by molar-refractivity contribution is 0.546. The van der Waals surface area contributed by atoms with E-state index in [1.54, 1.807) is 0 Å². The fourth-order valence-corrected chi connectivity index (χ4v) is 1.90. The molecule has 0 saturated heterocycles. The van der Waals surface area contributed by atoms with Crippen LogP contribution in [0.25, 0.3) is 10.9 Å². The summed E-state index contributed by atoms with van der Waals surface area (Å²) >= 11 is 3.35. The van der Waals surface area contributed by atoms with Gasteiger partial charge in [0.2, 0.25) is 0 Å². The van der Waals surface area contributed by atoms with Crippen LogP contribution in [0, 0.1) is 0 Å². The van der Waals surface area contributed by atoms with Gasteiger partial charge in [-0.3, -0.25) is 14.6 Å². The van der Waals surface area contributed by atoms with E-state index in [-0.39, 0.29) is 11.6 Å². The first-order chi connectivity index (χ1) is 6.59. The van der Waals surface area contributed by atoms with Gasteiger partial charge in [-0.15, -0.1) is 0 Å². The quantitative estimate of drug-likeness (QED) is 0.835. The molecule has 0 fully saturated rings. The molecule has 4 heteroatoms. The van der Waals surface area contributed by atoms with Gasteiger partial charge in [-0.1, -0.05) is 15.9 Å². The Morgan fingerprint density at radius 2 is 2.14 bits per heavy atom. The molecule has 0 bridgehead atoms. The molecule has 0 aliphatic rings. The third-order valence-electron chi connectivity index (χ3n) is 2.20. The number of halogens is 1. The SMILES string of the molecule is CC(C)n1[nH]c(=O)c2cc(Br)ccc21. The number of aromatic amines is 1. The van der Waals surface area contributed by atoms with Crippen molar-refractivity contribution in [3.05, 3.63) is 33.0 Å². The Labute approximate surface area is 89.8 Å². The van der Waals surface area contributed by atoms with Crippen molar-refractivity contribution in [1.82, 2.24) is 9.78 Å². The average Bonchev–Trinajstić information content (AvgIpc) is 2.44. The summed E-state index contributed by atoms with van der Waals surface area (Å²) in [5, 5.41) is 3.55. The summed E-state index contributed by atoms with van der Waals surface area (Å²) in [5.41, 5.74) is 0.920. The minimum atomic E-state index is -0.0324. The lowest BCUT2D eigenvalue weighted by atomic mass is 10.2. The summed E-state index contributed by atoms with van der Waals surface area (Å²) < 4.78 is 2.81. The zero-order valence-corrected chi connectivity index (χ0v) is 9.63. The van der Waals surface area contributed by atoms with Crippen molar-refractivity contribution in [2.45, 2.75) is 19.9 Å². The molecular formula is C10H11BrN2O. The van der Waals surface area contributed by atoms with E-state index >= 15 is 0 Å². The van der Waals surface area contributed by atoms with E-state index in [0.717, 1.165) is 15.4 Å². The molecule has 2 aromatic rings. The second kappa shape index (κ2) is 3.28. The summed E-state index contributed by atoms with van der Waals surface area (Å²) in [7, 11) is 0. The second-order valence-electron chi connectivity index (χ2n) is 3.57. The largest absolute Gasteiger partial charge is 0.282 e. The lowest BCUT2D eigenvalue weighted by Gasteiger charge is -2.07. The standard InChI is InChI=1S/C10H11BrN2O/c1-6(2)13-9-4-3-7(11)5-8(9)10(14)12-13/h3-6H,1-2H3,(H,12,14). The molecule has 1 heterocycles. The minimum Gasteiger partial charge on any atom is -0.282 e. The van der Waals surface area contributed by atoms with Crippen LogP contribution >= 0.6 is 15.9 Å². The molecule has 0 amide bonds. The van der Waals surface area contributed by atoms with Crippen molar-refractivity contribution in [3.8, 4) is 0 Å². The van der Waals surface area contributed by atoms with Gasteiger partial charge < -0.3 is 0 Å². The average molecular weight is 255 g/mol. The van der Waals surface area contributed by atoms with Gasteiger partial charge in [-0.25, -0.2) is 0 Å². The highest BCUT2D eigenvalue weighted by Gasteiger charge is 2.08. The van der Waals surface area contributed by atoms with Gasteiger partial charge in [0.15, 0.2) is 0 Å². The summed E-state index contributed by atoms with van der Waals surface area (Å²) in [6.45, 7) is 4.08. The summed E-state index contributed by atoms with van der Waals surface area (Å²) in [6.07, 6.45) is 0. The number of benzene rings is 1. The Morgan fingerprint density at radius 1 is 1.43 bits per heavy atom. The first-order valence-corrected chi connectivity index (χ1v) is 5.28. The normalized spacial score (nSPS) is 11.4. The van der Waals surface area contributed by atoms with Gasteiger partial charge in [0.1, 0.15) is 0 Å². The number of hydrogen-bond donors (Lipinski definition) is 1. The van der Waals surface area contributed by atoms with Crippen LogP contribution in [0.3, 0.4) is 0 Å². The van der Waals surface area contributed by atoms with Crippen LogP contribution in [0.2, 0.25) is 0 Å². The van der Waals surface area contributed by atoms with Crippen molar-refractivity contribution in [3.63, 3.8) is 0 Å². The maximum absolute atomic E-state index is 11.6. The van der Waals surface area contributed by atoms with Gasteiger partial charge in [-0.2, -0.15) is 0 Å². The first-order valence-electron chi connectivity index (χ1n) is 4.49. The highest BCUT2D eigenvalue weighted by atomic mass is 79.9. The van der Waals surface area contributed by atoms with Crippen LogP contribution in [0.4, 0.5) is 0 Å². The summed E-state index contributed by atoms with van der Waals surface area (Å²) in [4.78, 5) is 11.6. The Morgan fingerprint density at radius 3 is 2.79 bits per heavy atom. The van der Waals surface area contributed by atoms with Crippen molar-refractivity contribution in [1.29, 1.82) is 0 Å². The number of rotatable bonds is 1. The van der Waals surface area contributed by atoms with E-state index in [4.69, 9.17) is 0 Å².